The molecule has 0 unspecified atom stereocenters. The summed E-state index contributed by atoms with van der Waals surface area (Å²) in [5.74, 6) is -0.473. The van der Waals surface area contributed by atoms with Crippen LogP contribution in [0.15, 0.2) is 60.7 Å². The quantitative estimate of drug-likeness (QED) is 0.752. The molecule has 0 aliphatic heterocycles. The Balaban J connectivity index is 2.04. The summed E-state index contributed by atoms with van der Waals surface area (Å²) in [6, 6.07) is 19.4. The molecule has 0 bridgehead atoms. The van der Waals surface area contributed by atoms with E-state index in [0.29, 0.717) is 26.2 Å². The van der Waals surface area contributed by atoms with E-state index in [2.05, 4.69) is 5.32 Å². The molecule has 0 saturated carbocycles. The molecule has 2 aromatic rings. The van der Waals surface area contributed by atoms with Gasteiger partial charge in [0, 0.05) is 33.7 Å². The summed E-state index contributed by atoms with van der Waals surface area (Å²) in [5.41, 5.74) is 1.89. The molecular formula is C21H26N2O3. The zero-order chi connectivity index (χ0) is 18.8. The number of carbonyl (C=O) groups excluding carboxylic acids is 2. The fourth-order valence-electron chi connectivity index (χ4n) is 2.83. The van der Waals surface area contributed by atoms with Crippen molar-refractivity contribution in [3.8, 4) is 0 Å². The van der Waals surface area contributed by atoms with Crippen molar-refractivity contribution in [2.24, 2.45) is 0 Å². The van der Waals surface area contributed by atoms with E-state index in [1.165, 1.54) is 6.92 Å². The van der Waals surface area contributed by atoms with Gasteiger partial charge < -0.3 is 15.0 Å². The third-order valence-corrected chi connectivity index (χ3v) is 4.22. The number of rotatable bonds is 9. The van der Waals surface area contributed by atoms with E-state index in [-0.39, 0.29) is 17.7 Å². The van der Waals surface area contributed by atoms with Gasteiger partial charge in [0.25, 0.3) is 0 Å². The highest BCUT2D eigenvalue weighted by molar-refractivity contribution is 5.87. The summed E-state index contributed by atoms with van der Waals surface area (Å²) < 4.78 is 5.02. The molecule has 5 nitrogen and oxygen atoms in total. The van der Waals surface area contributed by atoms with Gasteiger partial charge in [0.15, 0.2) is 0 Å². The molecule has 0 spiro atoms. The minimum atomic E-state index is -0.373. The SMILES string of the molecule is COCCN(CCNC(=O)C(c1ccccc1)c1ccccc1)C(C)=O. The number of hydrogen-bond acceptors (Lipinski definition) is 3. The second-order valence-corrected chi connectivity index (χ2v) is 6.04. The van der Waals surface area contributed by atoms with Crippen LogP contribution in [-0.2, 0) is 14.3 Å². The molecule has 26 heavy (non-hydrogen) atoms. The summed E-state index contributed by atoms with van der Waals surface area (Å²) in [5, 5.41) is 2.97. The van der Waals surface area contributed by atoms with Crippen LogP contribution in [0.5, 0.6) is 0 Å². The van der Waals surface area contributed by atoms with Crippen LogP contribution >= 0.6 is 0 Å². The molecule has 2 amide bonds. The molecule has 0 aliphatic rings. The van der Waals surface area contributed by atoms with Crippen molar-refractivity contribution in [1.82, 2.24) is 10.2 Å². The molecular weight excluding hydrogens is 328 g/mol. The maximum absolute atomic E-state index is 12.9. The summed E-state index contributed by atoms with van der Waals surface area (Å²) in [6.45, 7) is 3.37. The largest absolute Gasteiger partial charge is 0.383 e. The van der Waals surface area contributed by atoms with Crippen molar-refractivity contribution >= 4 is 11.8 Å². The van der Waals surface area contributed by atoms with E-state index >= 15 is 0 Å². The van der Waals surface area contributed by atoms with Crippen LogP contribution < -0.4 is 5.32 Å². The first-order valence-electron chi connectivity index (χ1n) is 8.75. The number of amides is 2. The van der Waals surface area contributed by atoms with Crippen LogP contribution in [0.2, 0.25) is 0 Å². The molecule has 0 radical (unpaired) electrons. The number of methoxy groups -OCH3 is 1. The minimum absolute atomic E-state index is 0.0287. The number of benzene rings is 2. The van der Waals surface area contributed by atoms with Crippen molar-refractivity contribution in [2.45, 2.75) is 12.8 Å². The fourth-order valence-corrected chi connectivity index (χ4v) is 2.83. The molecule has 138 valence electrons. The first-order valence-corrected chi connectivity index (χ1v) is 8.75. The Morgan fingerprint density at radius 3 is 1.96 bits per heavy atom. The van der Waals surface area contributed by atoms with Gasteiger partial charge in [-0.25, -0.2) is 0 Å². The van der Waals surface area contributed by atoms with E-state index in [4.69, 9.17) is 4.74 Å². The van der Waals surface area contributed by atoms with Gasteiger partial charge in [-0.3, -0.25) is 9.59 Å². The lowest BCUT2D eigenvalue weighted by molar-refractivity contribution is -0.130. The normalized spacial score (nSPS) is 10.6. The van der Waals surface area contributed by atoms with Crippen LogP contribution in [-0.4, -0.2) is 50.1 Å². The van der Waals surface area contributed by atoms with Crippen molar-refractivity contribution < 1.29 is 14.3 Å². The van der Waals surface area contributed by atoms with Crippen molar-refractivity contribution in [3.63, 3.8) is 0 Å². The Hall–Kier alpha value is -2.66. The van der Waals surface area contributed by atoms with Crippen LogP contribution in [0.4, 0.5) is 0 Å². The Kier molecular flexibility index (Phi) is 7.83. The minimum Gasteiger partial charge on any atom is -0.383 e. The van der Waals surface area contributed by atoms with E-state index in [0.717, 1.165) is 11.1 Å². The van der Waals surface area contributed by atoms with Gasteiger partial charge in [0.2, 0.25) is 11.8 Å². The highest BCUT2D eigenvalue weighted by atomic mass is 16.5. The standard InChI is InChI=1S/C21H26N2O3/c1-17(24)23(15-16-26-2)14-13-22-21(25)20(18-9-5-3-6-10-18)19-11-7-4-8-12-19/h3-12,20H,13-16H2,1-2H3,(H,22,25). The highest BCUT2D eigenvalue weighted by Gasteiger charge is 2.22. The molecule has 0 atom stereocenters. The lowest BCUT2D eigenvalue weighted by atomic mass is 9.90. The second-order valence-electron chi connectivity index (χ2n) is 6.04. The average Bonchev–Trinajstić information content (AvgIpc) is 2.66. The molecule has 0 fully saturated rings. The van der Waals surface area contributed by atoms with Crippen LogP contribution in [0.1, 0.15) is 24.0 Å². The number of ether oxygens (including phenoxy) is 1. The number of carbonyl (C=O) groups is 2. The van der Waals surface area contributed by atoms with E-state index < -0.39 is 0 Å². The van der Waals surface area contributed by atoms with Gasteiger partial charge in [-0.2, -0.15) is 0 Å². The van der Waals surface area contributed by atoms with Crippen molar-refractivity contribution in [2.75, 3.05) is 33.4 Å². The van der Waals surface area contributed by atoms with Gasteiger partial charge >= 0.3 is 0 Å². The fraction of sp³-hybridized carbons (Fsp3) is 0.333. The lowest BCUT2D eigenvalue weighted by Gasteiger charge is -2.22. The van der Waals surface area contributed by atoms with Crippen LogP contribution in [0.25, 0.3) is 0 Å². The van der Waals surface area contributed by atoms with Crippen molar-refractivity contribution in [3.05, 3.63) is 71.8 Å². The maximum Gasteiger partial charge on any atom is 0.232 e. The Morgan fingerprint density at radius 1 is 0.962 bits per heavy atom. The third kappa shape index (κ3) is 5.70. The molecule has 1 N–H and O–H groups in total. The number of hydrogen-bond donors (Lipinski definition) is 1. The van der Waals surface area contributed by atoms with Gasteiger partial charge in [-0.15, -0.1) is 0 Å². The highest BCUT2D eigenvalue weighted by Crippen LogP contribution is 2.24. The summed E-state index contributed by atoms with van der Waals surface area (Å²) in [6.07, 6.45) is 0. The second kappa shape index (κ2) is 10.4. The molecule has 0 aromatic heterocycles. The average molecular weight is 354 g/mol. The van der Waals surface area contributed by atoms with Crippen LogP contribution in [0, 0.1) is 0 Å². The predicted molar refractivity (Wildman–Crippen MR) is 102 cm³/mol. The smallest absolute Gasteiger partial charge is 0.232 e. The maximum atomic E-state index is 12.9. The first-order chi connectivity index (χ1) is 12.6. The number of nitrogens with one attached hydrogen (secondary N) is 1. The Labute approximate surface area is 155 Å². The number of nitrogens with zero attached hydrogens (tertiary/aromatic N) is 1. The Morgan fingerprint density at radius 2 is 1.50 bits per heavy atom. The van der Waals surface area contributed by atoms with Crippen molar-refractivity contribution in [1.29, 1.82) is 0 Å². The Bertz CT molecular complexity index is 649. The zero-order valence-corrected chi connectivity index (χ0v) is 15.4. The predicted octanol–water partition coefficient (Wildman–Crippen LogP) is 2.43. The topological polar surface area (TPSA) is 58.6 Å². The summed E-state index contributed by atoms with van der Waals surface area (Å²) >= 11 is 0. The molecule has 2 rings (SSSR count). The molecule has 0 saturated heterocycles. The van der Waals surface area contributed by atoms with Gasteiger partial charge in [-0.05, 0) is 11.1 Å². The van der Waals surface area contributed by atoms with E-state index in [9.17, 15) is 9.59 Å². The van der Waals surface area contributed by atoms with Gasteiger partial charge in [-0.1, -0.05) is 60.7 Å². The lowest BCUT2D eigenvalue weighted by Crippen LogP contribution is -2.40. The molecule has 2 aromatic carbocycles. The zero-order valence-electron chi connectivity index (χ0n) is 15.4. The van der Waals surface area contributed by atoms with E-state index in [1.54, 1.807) is 12.0 Å². The molecule has 5 heteroatoms. The summed E-state index contributed by atoms with van der Waals surface area (Å²) in [7, 11) is 1.60. The van der Waals surface area contributed by atoms with Gasteiger partial charge in [0.05, 0.1) is 12.5 Å². The van der Waals surface area contributed by atoms with E-state index in [1.807, 2.05) is 60.7 Å². The molecule has 0 heterocycles. The summed E-state index contributed by atoms with van der Waals surface area (Å²) in [4.78, 5) is 26.2. The van der Waals surface area contributed by atoms with Gasteiger partial charge in [0.1, 0.15) is 0 Å². The first kappa shape index (κ1) is 19.7. The third-order valence-electron chi connectivity index (χ3n) is 4.22. The monoisotopic (exact) mass is 354 g/mol. The van der Waals surface area contributed by atoms with Crippen LogP contribution in [0.3, 0.4) is 0 Å². The molecule has 0 aliphatic carbocycles.